The molecule has 3 rings (SSSR count). The van der Waals surface area contributed by atoms with Crippen molar-refractivity contribution in [3.8, 4) is 5.75 Å². The number of para-hydroxylation sites is 1. The van der Waals surface area contributed by atoms with E-state index in [2.05, 4.69) is 36.4 Å². The summed E-state index contributed by atoms with van der Waals surface area (Å²) in [5.74, 6) is 0.322. The number of benzene rings is 3. The third-order valence-corrected chi connectivity index (χ3v) is 2.82. The van der Waals surface area contributed by atoms with E-state index in [1.54, 1.807) is 24.3 Å². The number of phenolic OH excluding ortho intramolecular Hbond substituents is 1. The first kappa shape index (κ1) is 14.6. The predicted molar refractivity (Wildman–Crippen MR) is 89.9 cm³/mol. The van der Waals surface area contributed by atoms with Crippen LogP contribution in [0.5, 0.6) is 5.75 Å². The molecule has 0 spiro atoms. The molecule has 3 aromatic rings. The van der Waals surface area contributed by atoms with Gasteiger partial charge in [-0.2, -0.15) is 0 Å². The van der Waals surface area contributed by atoms with Gasteiger partial charge in [0.15, 0.2) is 0 Å². The summed E-state index contributed by atoms with van der Waals surface area (Å²) in [5, 5.41) is 8.63. The maximum Gasteiger partial charge on any atom is 0.115 e. The van der Waals surface area contributed by atoms with Gasteiger partial charge in [0.2, 0.25) is 0 Å². The molecule has 0 saturated carbocycles. The second-order valence-corrected chi connectivity index (χ2v) is 4.49. The molecule has 1 nitrogen and oxygen atoms in total. The fourth-order valence-corrected chi connectivity index (χ4v) is 1.75. The molecule has 3 aromatic carbocycles. The molecular formula is C20H18O. The molecule has 21 heavy (non-hydrogen) atoms. The molecule has 0 aliphatic rings. The summed E-state index contributed by atoms with van der Waals surface area (Å²) < 4.78 is 0. The van der Waals surface area contributed by atoms with Crippen LogP contribution in [0.2, 0.25) is 0 Å². The Kier molecular flexibility index (Phi) is 5.83. The number of hydrogen-bond donors (Lipinski definition) is 1. The van der Waals surface area contributed by atoms with Gasteiger partial charge in [0.05, 0.1) is 0 Å². The maximum atomic E-state index is 8.63. The largest absolute Gasteiger partial charge is 0.508 e. The number of aromatic hydroxyl groups is 1. The maximum absolute atomic E-state index is 8.63. The third-order valence-electron chi connectivity index (χ3n) is 2.82. The molecule has 0 heterocycles. The topological polar surface area (TPSA) is 20.2 Å². The standard InChI is InChI=1S/C14H12.C6H6O/c1-3-7-13(8-4-1)11-12-14-9-5-2-6-10-14;7-6-4-2-1-3-5-6/h1-12H;1-5,7H/b12-11+;. The first-order valence-corrected chi connectivity index (χ1v) is 6.87. The van der Waals surface area contributed by atoms with Gasteiger partial charge in [-0.05, 0) is 23.3 Å². The predicted octanol–water partition coefficient (Wildman–Crippen LogP) is 5.25. The average molecular weight is 274 g/mol. The molecule has 0 amide bonds. The van der Waals surface area contributed by atoms with Gasteiger partial charge < -0.3 is 5.11 Å². The van der Waals surface area contributed by atoms with Gasteiger partial charge in [-0.3, -0.25) is 0 Å². The third kappa shape index (κ3) is 5.79. The lowest BCUT2D eigenvalue weighted by molar-refractivity contribution is 0.475. The highest BCUT2D eigenvalue weighted by molar-refractivity contribution is 5.69. The minimum Gasteiger partial charge on any atom is -0.508 e. The smallest absolute Gasteiger partial charge is 0.115 e. The van der Waals surface area contributed by atoms with Crippen LogP contribution in [0, 0.1) is 0 Å². The van der Waals surface area contributed by atoms with Crippen LogP contribution in [-0.2, 0) is 0 Å². The van der Waals surface area contributed by atoms with Crippen molar-refractivity contribution >= 4 is 12.2 Å². The summed E-state index contributed by atoms with van der Waals surface area (Å²) in [5.41, 5.74) is 2.47. The van der Waals surface area contributed by atoms with Gasteiger partial charge >= 0.3 is 0 Å². The number of phenols is 1. The fourth-order valence-electron chi connectivity index (χ4n) is 1.75. The molecule has 0 aromatic heterocycles. The molecule has 104 valence electrons. The minimum absolute atomic E-state index is 0.322. The first-order chi connectivity index (χ1) is 10.3. The van der Waals surface area contributed by atoms with Crippen molar-refractivity contribution in [2.75, 3.05) is 0 Å². The lowest BCUT2D eigenvalue weighted by Gasteiger charge is -1.92. The van der Waals surface area contributed by atoms with Crippen LogP contribution in [-0.4, -0.2) is 5.11 Å². The van der Waals surface area contributed by atoms with Crippen LogP contribution >= 0.6 is 0 Å². The highest BCUT2D eigenvalue weighted by atomic mass is 16.3. The van der Waals surface area contributed by atoms with Crippen molar-refractivity contribution in [3.05, 3.63) is 102 Å². The van der Waals surface area contributed by atoms with Crippen molar-refractivity contribution in [1.82, 2.24) is 0 Å². The van der Waals surface area contributed by atoms with Crippen molar-refractivity contribution in [2.24, 2.45) is 0 Å². The van der Waals surface area contributed by atoms with Crippen LogP contribution in [0.1, 0.15) is 11.1 Å². The molecule has 0 aliphatic heterocycles. The van der Waals surface area contributed by atoms with E-state index in [4.69, 9.17) is 5.11 Å². The first-order valence-electron chi connectivity index (χ1n) is 6.87. The van der Waals surface area contributed by atoms with Crippen LogP contribution < -0.4 is 0 Å². The van der Waals surface area contributed by atoms with Crippen LogP contribution in [0.25, 0.3) is 12.2 Å². The summed E-state index contributed by atoms with van der Waals surface area (Å²) in [6.45, 7) is 0. The lowest BCUT2D eigenvalue weighted by atomic mass is 10.1. The Hall–Kier alpha value is -2.80. The number of rotatable bonds is 2. The minimum atomic E-state index is 0.322. The summed E-state index contributed by atoms with van der Waals surface area (Å²) in [7, 11) is 0. The van der Waals surface area contributed by atoms with Gasteiger partial charge in [-0.15, -0.1) is 0 Å². The Morgan fingerprint density at radius 2 is 0.810 bits per heavy atom. The Labute approximate surface area is 125 Å². The zero-order valence-electron chi connectivity index (χ0n) is 11.8. The Morgan fingerprint density at radius 3 is 1.10 bits per heavy atom. The molecule has 0 atom stereocenters. The van der Waals surface area contributed by atoms with Crippen LogP contribution in [0.15, 0.2) is 91.0 Å². The molecule has 1 heteroatoms. The highest BCUT2D eigenvalue weighted by Crippen LogP contribution is 2.07. The van der Waals surface area contributed by atoms with Gasteiger partial charge in [0.25, 0.3) is 0 Å². The average Bonchev–Trinajstić information content (AvgIpc) is 2.56. The lowest BCUT2D eigenvalue weighted by Crippen LogP contribution is -1.70. The quantitative estimate of drug-likeness (QED) is 0.633. The molecule has 0 aliphatic carbocycles. The van der Waals surface area contributed by atoms with E-state index in [0.717, 1.165) is 0 Å². The molecular weight excluding hydrogens is 256 g/mol. The second-order valence-electron chi connectivity index (χ2n) is 4.49. The molecule has 0 fully saturated rings. The molecule has 0 saturated heterocycles. The van der Waals surface area contributed by atoms with Crippen LogP contribution in [0.4, 0.5) is 0 Å². The monoisotopic (exact) mass is 274 g/mol. The number of hydrogen-bond acceptors (Lipinski definition) is 1. The zero-order chi connectivity index (χ0) is 14.8. The summed E-state index contributed by atoms with van der Waals surface area (Å²) in [6, 6.07) is 29.3. The second kappa shape index (κ2) is 8.39. The Balaban J connectivity index is 0.000000194. The van der Waals surface area contributed by atoms with Gasteiger partial charge in [-0.25, -0.2) is 0 Å². The highest BCUT2D eigenvalue weighted by Gasteiger charge is 1.84. The van der Waals surface area contributed by atoms with Crippen LogP contribution in [0.3, 0.4) is 0 Å². The van der Waals surface area contributed by atoms with E-state index >= 15 is 0 Å². The van der Waals surface area contributed by atoms with Crippen molar-refractivity contribution < 1.29 is 5.11 Å². The van der Waals surface area contributed by atoms with Crippen molar-refractivity contribution in [2.45, 2.75) is 0 Å². The normalized spacial score (nSPS) is 9.90. The Bertz CT molecular complexity index is 602. The van der Waals surface area contributed by atoms with E-state index in [-0.39, 0.29) is 0 Å². The summed E-state index contributed by atoms with van der Waals surface area (Å²) in [6.07, 6.45) is 4.24. The van der Waals surface area contributed by atoms with E-state index in [1.165, 1.54) is 11.1 Å². The Morgan fingerprint density at radius 1 is 0.476 bits per heavy atom. The fraction of sp³-hybridized carbons (Fsp3) is 0. The molecule has 0 bridgehead atoms. The van der Waals surface area contributed by atoms with Crippen molar-refractivity contribution in [3.63, 3.8) is 0 Å². The van der Waals surface area contributed by atoms with E-state index in [1.807, 2.05) is 42.5 Å². The van der Waals surface area contributed by atoms with Gasteiger partial charge in [0, 0.05) is 0 Å². The van der Waals surface area contributed by atoms with Crippen molar-refractivity contribution in [1.29, 1.82) is 0 Å². The van der Waals surface area contributed by atoms with Gasteiger partial charge in [-0.1, -0.05) is 91.0 Å². The molecule has 0 radical (unpaired) electrons. The summed E-state index contributed by atoms with van der Waals surface area (Å²) >= 11 is 0. The SMILES string of the molecule is C(=C\c1ccccc1)/c1ccccc1.Oc1ccccc1. The van der Waals surface area contributed by atoms with E-state index in [0.29, 0.717) is 5.75 Å². The van der Waals surface area contributed by atoms with Gasteiger partial charge in [0.1, 0.15) is 5.75 Å². The zero-order valence-corrected chi connectivity index (χ0v) is 11.8. The molecule has 1 N–H and O–H groups in total. The van der Waals surface area contributed by atoms with E-state index in [9.17, 15) is 0 Å². The summed E-state index contributed by atoms with van der Waals surface area (Å²) in [4.78, 5) is 0. The molecule has 0 unspecified atom stereocenters. The van der Waals surface area contributed by atoms with E-state index < -0.39 is 0 Å².